The molecule has 1 aromatic rings. The lowest BCUT2D eigenvalue weighted by atomic mass is 10.1. The van der Waals surface area contributed by atoms with Crippen molar-refractivity contribution in [2.24, 2.45) is 0 Å². The third-order valence-electron chi connectivity index (χ3n) is 4.29. The summed E-state index contributed by atoms with van der Waals surface area (Å²) in [6.07, 6.45) is 5.62. The fourth-order valence-corrected chi connectivity index (χ4v) is 3.48. The van der Waals surface area contributed by atoms with Crippen LogP contribution in [-0.2, 0) is 9.76 Å². The molecule has 0 fully saturated rings. The summed E-state index contributed by atoms with van der Waals surface area (Å²) in [7, 11) is -1.70. The van der Waals surface area contributed by atoms with Gasteiger partial charge < -0.3 is 4.43 Å². The van der Waals surface area contributed by atoms with Gasteiger partial charge in [0.1, 0.15) is 0 Å². The largest absolute Gasteiger partial charge is 0.411 e. The lowest BCUT2D eigenvalue weighted by Crippen LogP contribution is -2.43. The minimum Gasteiger partial charge on any atom is -0.411 e. The Morgan fingerprint density at radius 1 is 1.19 bits per heavy atom. The van der Waals surface area contributed by atoms with Crippen molar-refractivity contribution in [2.45, 2.75) is 63.7 Å². The highest BCUT2D eigenvalue weighted by Gasteiger charge is 2.38. The summed E-state index contributed by atoms with van der Waals surface area (Å²) in [5.74, 6) is 0. The molecule has 1 rings (SSSR count). The normalized spacial score (nSPS) is 14.6. The molecule has 21 heavy (non-hydrogen) atoms. The summed E-state index contributed by atoms with van der Waals surface area (Å²) in [5.41, 5.74) is 2.54. The number of halogens is 1. The van der Waals surface area contributed by atoms with Gasteiger partial charge in [-0.3, -0.25) is 0 Å². The molecule has 1 aromatic carbocycles. The van der Waals surface area contributed by atoms with Crippen LogP contribution >= 0.6 is 15.9 Å². The minimum absolute atomic E-state index is 0.210. The summed E-state index contributed by atoms with van der Waals surface area (Å²) in [4.78, 5) is 0. The Balaban J connectivity index is 2.75. The highest BCUT2D eigenvalue weighted by Crippen LogP contribution is 2.37. The van der Waals surface area contributed by atoms with Crippen LogP contribution in [-0.4, -0.2) is 14.4 Å². The molecule has 0 aromatic heterocycles. The van der Waals surface area contributed by atoms with Crippen molar-refractivity contribution >= 4 is 30.3 Å². The van der Waals surface area contributed by atoms with Gasteiger partial charge in [-0.15, -0.1) is 0 Å². The average molecular weight is 369 g/mol. The zero-order chi connectivity index (χ0) is 16.1. The Hall–Kier alpha value is -0.383. The summed E-state index contributed by atoms with van der Waals surface area (Å²) < 4.78 is 6.46. The molecule has 0 N–H and O–H groups in total. The molecule has 0 aliphatic rings. The summed E-state index contributed by atoms with van der Waals surface area (Å²) in [6.45, 7) is 13.7. The van der Waals surface area contributed by atoms with Gasteiger partial charge in [0.25, 0.3) is 0 Å². The fraction of sp³-hybridized carbons (Fsp3) is 0.556. The van der Waals surface area contributed by atoms with Crippen LogP contribution in [0.1, 0.15) is 45.2 Å². The van der Waals surface area contributed by atoms with Gasteiger partial charge in [0, 0.05) is 5.33 Å². The number of benzene rings is 1. The molecule has 118 valence electrons. The van der Waals surface area contributed by atoms with E-state index in [1.807, 2.05) is 0 Å². The molecule has 0 aliphatic heterocycles. The molecular weight excluding hydrogens is 340 g/mol. The van der Waals surface area contributed by atoms with Crippen LogP contribution in [0.5, 0.6) is 0 Å². The van der Waals surface area contributed by atoms with E-state index in [0.717, 1.165) is 11.8 Å². The topological polar surface area (TPSA) is 9.23 Å². The van der Waals surface area contributed by atoms with E-state index in [4.69, 9.17) is 4.43 Å². The van der Waals surface area contributed by atoms with E-state index < -0.39 is 8.32 Å². The predicted molar refractivity (Wildman–Crippen MR) is 100 cm³/mol. The standard InChI is InChI=1S/C18H29BrOSi/c1-7-17(20-21(5,6)18(2,3)4)13-12-15-8-10-16(14-19)11-9-15/h8-13,17H,7,14H2,1-6H3/b13-12+/t17-/m1/s1. The fourth-order valence-electron chi connectivity index (χ4n) is 1.75. The van der Waals surface area contributed by atoms with Gasteiger partial charge in [-0.1, -0.05) is 80.0 Å². The maximum Gasteiger partial charge on any atom is 0.192 e. The highest BCUT2D eigenvalue weighted by atomic mass is 79.9. The molecule has 0 amide bonds. The zero-order valence-electron chi connectivity index (χ0n) is 14.2. The molecule has 0 radical (unpaired) electrons. The van der Waals surface area contributed by atoms with Gasteiger partial charge in [-0.2, -0.15) is 0 Å². The van der Waals surface area contributed by atoms with Crippen molar-refractivity contribution in [1.82, 2.24) is 0 Å². The molecule has 0 heterocycles. The lowest BCUT2D eigenvalue weighted by molar-refractivity contribution is 0.221. The highest BCUT2D eigenvalue weighted by molar-refractivity contribution is 9.08. The van der Waals surface area contributed by atoms with Crippen molar-refractivity contribution < 1.29 is 4.43 Å². The van der Waals surface area contributed by atoms with Crippen LogP contribution in [0.4, 0.5) is 0 Å². The van der Waals surface area contributed by atoms with Crippen LogP contribution < -0.4 is 0 Å². The van der Waals surface area contributed by atoms with Crippen molar-refractivity contribution in [1.29, 1.82) is 0 Å². The second-order valence-electron chi connectivity index (χ2n) is 7.06. The van der Waals surface area contributed by atoms with Crippen LogP contribution in [0.25, 0.3) is 6.08 Å². The first kappa shape index (κ1) is 18.7. The van der Waals surface area contributed by atoms with Gasteiger partial charge in [-0.05, 0) is 35.7 Å². The van der Waals surface area contributed by atoms with E-state index in [2.05, 4.69) is 93.1 Å². The summed E-state index contributed by atoms with van der Waals surface area (Å²) in [6, 6.07) is 8.63. The van der Waals surface area contributed by atoms with E-state index >= 15 is 0 Å². The van der Waals surface area contributed by atoms with Gasteiger partial charge in [0.15, 0.2) is 8.32 Å². The SMILES string of the molecule is CC[C@H](/C=C/c1ccc(CBr)cc1)O[Si](C)(C)C(C)(C)C. The van der Waals surface area contributed by atoms with E-state index in [0.29, 0.717) is 0 Å². The quantitative estimate of drug-likeness (QED) is 0.417. The smallest absolute Gasteiger partial charge is 0.192 e. The molecule has 0 bridgehead atoms. The van der Waals surface area contributed by atoms with Crippen molar-refractivity contribution in [3.63, 3.8) is 0 Å². The average Bonchev–Trinajstić information content (AvgIpc) is 2.42. The maximum atomic E-state index is 6.46. The molecule has 0 saturated carbocycles. The second kappa shape index (κ2) is 7.75. The molecule has 0 aliphatic carbocycles. The molecule has 3 heteroatoms. The molecule has 0 unspecified atom stereocenters. The number of alkyl halides is 1. The molecular formula is C18H29BrOSi. The Labute approximate surface area is 140 Å². The van der Waals surface area contributed by atoms with Gasteiger partial charge in [-0.25, -0.2) is 0 Å². The van der Waals surface area contributed by atoms with Crippen molar-refractivity contribution in [3.8, 4) is 0 Å². The van der Waals surface area contributed by atoms with Crippen molar-refractivity contribution in [2.75, 3.05) is 0 Å². The van der Waals surface area contributed by atoms with Gasteiger partial charge in [0.2, 0.25) is 0 Å². The molecule has 0 spiro atoms. The maximum absolute atomic E-state index is 6.46. The first-order valence-electron chi connectivity index (χ1n) is 7.70. The molecule has 1 nitrogen and oxygen atoms in total. The third kappa shape index (κ3) is 5.72. The Morgan fingerprint density at radius 2 is 1.76 bits per heavy atom. The monoisotopic (exact) mass is 368 g/mol. The minimum atomic E-state index is -1.70. The van der Waals surface area contributed by atoms with Crippen LogP contribution in [0, 0.1) is 0 Å². The first-order valence-corrected chi connectivity index (χ1v) is 11.7. The number of rotatable bonds is 6. The second-order valence-corrected chi connectivity index (χ2v) is 12.4. The predicted octanol–water partition coefficient (Wildman–Crippen LogP) is 6.40. The summed E-state index contributed by atoms with van der Waals surface area (Å²) >= 11 is 3.47. The lowest BCUT2D eigenvalue weighted by Gasteiger charge is -2.38. The molecule has 1 atom stereocenters. The Kier molecular flexibility index (Phi) is 6.89. The Bertz CT molecular complexity index is 457. The first-order chi connectivity index (χ1) is 9.69. The Morgan fingerprint density at radius 3 is 2.19 bits per heavy atom. The number of hydrogen-bond donors (Lipinski definition) is 0. The van der Waals surface area contributed by atoms with Gasteiger partial charge >= 0.3 is 0 Å². The van der Waals surface area contributed by atoms with Crippen LogP contribution in [0.3, 0.4) is 0 Å². The van der Waals surface area contributed by atoms with E-state index in [1.165, 1.54) is 11.1 Å². The van der Waals surface area contributed by atoms with Crippen LogP contribution in [0.2, 0.25) is 18.1 Å². The van der Waals surface area contributed by atoms with E-state index in [-0.39, 0.29) is 11.1 Å². The number of hydrogen-bond acceptors (Lipinski definition) is 1. The van der Waals surface area contributed by atoms with Gasteiger partial charge in [0.05, 0.1) is 6.10 Å². The zero-order valence-corrected chi connectivity index (χ0v) is 16.8. The summed E-state index contributed by atoms with van der Waals surface area (Å²) in [5, 5.41) is 1.16. The van der Waals surface area contributed by atoms with E-state index in [9.17, 15) is 0 Å². The van der Waals surface area contributed by atoms with Crippen LogP contribution in [0.15, 0.2) is 30.3 Å². The molecule has 0 saturated heterocycles. The van der Waals surface area contributed by atoms with Crippen molar-refractivity contribution in [3.05, 3.63) is 41.5 Å². The van der Waals surface area contributed by atoms with E-state index in [1.54, 1.807) is 0 Å². The third-order valence-corrected chi connectivity index (χ3v) is 9.44.